The second kappa shape index (κ2) is 12.6. The Kier molecular flexibility index (Phi) is 10.8. The normalized spacial score (nSPS) is 42.4. The molecule has 0 aromatic heterocycles. The number of rotatable bonds is 11. The van der Waals surface area contributed by atoms with Crippen LogP contribution in [0.5, 0.6) is 0 Å². The Hall–Kier alpha value is -0.440. The topological polar surface area (TPSA) is 118 Å². The maximum atomic E-state index is 6.38. The number of ether oxygens (including phenoxy) is 10. The third-order valence-electron chi connectivity index (χ3n) is 5.63. The molecule has 0 amide bonds. The lowest BCUT2D eigenvalue weighted by Crippen LogP contribution is -2.66. The first-order valence-electron chi connectivity index (χ1n) is 9.87. The summed E-state index contributed by atoms with van der Waals surface area (Å²) in [4.78, 5) is 0. The van der Waals surface area contributed by atoms with Gasteiger partial charge in [0.2, 0.25) is 0 Å². The lowest BCUT2D eigenvalue weighted by atomic mass is 9.96. The molecule has 2 fully saturated rings. The van der Waals surface area contributed by atoms with Gasteiger partial charge in [-0.2, -0.15) is 0 Å². The van der Waals surface area contributed by atoms with Crippen molar-refractivity contribution in [3.63, 3.8) is 0 Å². The third-order valence-corrected chi connectivity index (χ3v) is 5.63. The van der Waals surface area contributed by atoms with Crippen LogP contribution in [0.4, 0.5) is 0 Å². The number of nitrogens with two attached hydrogens (primary N) is 1. The zero-order valence-corrected chi connectivity index (χ0v) is 18.8. The lowest BCUT2D eigenvalue weighted by Gasteiger charge is -2.49. The Morgan fingerprint density at radius 3 is 1.53 bits per heavy atom. The van der Waals surface area contributed by atoms with Crippen molar-refractivity contribution in [1.82, 2.24) is 0 Å². The molecule has 2 heterocycles. The van der Waals surface area contributed by atoms with Crippen molar-refractivity contribution in [2.45, 2.75) is 61.4 Å². The molecule has 10 atom stereocenters. The SMILES string of the molecule is COCC1O[C@@H](OC)C(OC)[C@@H](OC)[C@@H]1O[C@@H]1OC(CN)[C@@H](OC)[C@H](OC)C1OC. The van der Waals surface area contributed by atoms with Crippen LogP contribution in [-0.4, -0.2) is 124 Å². The maximum absolute atomic E-state index is 6.38. The molecule has 2 aliphatic rings. The molecule has 11 heteroatoms. The van der Waals surface area contributed by atoms with Gasteiger partial charge in [-0.15, -0.1) is 0 Å². The molecule has 4 unspecified atom stereocenters. The van der Waals surface area contributed by atoms with Crippen molar-refractivity contribution in [2.24, 2.45) is 5.73 Å². The average Bonchev–Trinajstić information content (AvgIpc) is 2.78. The van der Waals surface area contributed by atoms with Gasteiger partial charge in [0.15, 0.2) is 12.6 Å². The summed E-state index contributed by atoms with van der Waals surface area (Å²) in [5.41, 5.74) is 5.91. The highest BCUT2D eigenvalue weighted by atomic mass is 16.8. The van der Waals surface area contributed by atoms with Crippen molar-refractivity contribution in [1.29, 1.82) is 0 Å². The molecule has 178 valence electrons. The fourth-order valence-electron chi connectivity index (χ4n) is 4.18. The first kappa shape index (κ1) is 25.8. The van der Waals surface area contributed by atoms with E-state index in [9.17, 15) is 0 Å². The standard InChI is InChI=1S/C19H37NO10/c1-21-9-11-13(15(24-4)16(25-5)18(27-7)29-11)30-19-17(26-6)14(23-3)12(22-2)10(8-20)28-19/h10-19H,8-9,20H2,1-7H3/t10?,11?,12-,13-,14+,15+,16?,17?,18-,19+/m1/s1. The van der Waals surface area contributed by atoms with Gasteiger partial charge >= 0.3 is 0 Å². The summed E-state index contributed by atoms with van der Waals surface area (Å²) in [6.45, 7) is 0.470. The van der Waals surface area contributed by atoms with Gasteiger partial charge in [-0.1, -0.05) is 0 Å². The molecule has 2 saturated heterocycles. The van der Waals surface area contributed by atoms with E-state index in [-0.39, 0.29) is 13.2 Å². The van der Waals surface area contributed by atoms with E-state index in [4.69, 9.17) is 53.1 Å². The molecule has 30 heavy (non-hydrogen) atoms. The molecular formula is C19H37NO10. The summed E-state index contributed by atoms with van der Waals surface area (Å²) in [5, 5.41) is 0. The maximum Gasteiger partial charge on any atom is 0.187 e. The summed E-state index contributed by atoms with van der Waals surface area (Å²) < 4.78 is 57.5. The van der Waals surface area contributed by atoms with E-state index in [1.54, 1.807) is 49.8 Å². The Bertz CT molecular complexity index is 486. The van der Waals surface area contributed by atoms with Gasteiger partial charge in [-0.05, 0) is 0 Å². The van der Waals surface area contributed by atoms with E-state index in [1.807, 2.05) is 0 Å². The van der Waals surface area contributed by atoms with E-state index in [0.29, 0.717) is 0 Å². The van der Waals surface area contributed by atoms with Crippen molar-refractivity contribution in [2.75, 3.05) is 62.9 Å². The molecule has 2 aliphatic heterocycles. The lowest BCUT2D eigenvalue weighted by molar-refractivity contribution is -0.362. The minimum Gasteiger partial charge on any atom is -0.382 e. The minimum absolute atomic E-state index is 0.220. The van der Waals surface area contributed by atoms with Crippen LogP contribution in [0.3, 0.4) is 0 Å². The average molecular weight is 440 g/mol. The Morgan fingerprint density at radius 1 is 0.567 bits per heavy atom. The predicted molar refractivity (Wildman–Crippen MR) is 104 cm³/mol. The molecule has 11 nitrogen and oxygen atoms in total. The molecule has 0 radical (unpaired) electrons. The fraction of sp³-hybridized carbons (Fsp3) is 1.00. The highest BCUT2D eigenvalue weighted by Crippen LogP contribution is 2.33. The zero-order chi connectivity index (χ0) is 22.3. The van der Waals surface area contributed by atoms with Crippen LogP contribution in [0, 0.1) is 0 Å². The second-order valence-corrected chi connectivity index (χ2v) is 7.11. The van der Waals surface area contributed by atoms with Gasteiger partial charge in [-0.3, -0.25) is 0 Å². The molecule has 0 spiro atoms. The van der Waals surface area contributed by atoms with Crippen LogP contribution < -0.4 is 5.73 Å². The van der Waals surface area contributed by atoms with Crippen molar-refractivity contribution < 1.29 is 47.4 Å². The summed E-state index contributed by atoms with van der Waals surface area (Å²) >= 11 is 0. The highest BCUT2D eigenvalue weighted by Gasteiger charge is 2.53. The molecule has 0 aliphatic carbocycles. The quantitative estimate of drug-likeness (QED) is 0.433. The number of hydrogen-bond donors (Lipinski definition) is 1. The first-order chi connectivity index (χ1) is 14.5. The van der Waals surface area contributed by atoms with Gasteiger partial charge in [-0.25, -0.2) is 0 Å². The van der Waals surface area contributed by atoms with E-state index >= 15 is 0 Å². The molecule has 2 rings (SSSR count). The Labute approximate surface area is 178 Å². The summed E-state index contributed by atoms with van der Waals surface area (Å²) in [6.07, 6.45) is -5.52. The summed E-state index contributed by atoms with van der Waals surface area (Å²) in [6, 6.07) is 0. The highest BCUT2D eigenvalue weighted by molar-refractivity contribution is 4.96. The first-order valence-corrected chi connectivity index (χ1v) is 9.87. The van der Waals surface area contributed by atoms with Crippen molar-refractivity contribution >= 4 is 0 Å². The molecular weight excluding hydrogens is 402 g/mol. The smallest absolute Gasteiger partial charge is 0.187 e. The van der Waals surface area contributed by atoms with E-state index < -0.39 is 61.4 Å². The van der Waals surface area contributed by atoms with Crippen LogP contribution in [0.25, 0.3) is 0 Å². The van der Waals surface area contributed by atoms with Crippen LogP contribution in [0.1, 0.15) is 0 Å². The van der Waals surface area contributed by atoms with Crippen LogP contribution in [-0.2, 0) is 47.4 Å². The van der Waals surface area contributed by atoms with Gasteiger partial charge in [0.1, 0.15) is 48.8 Å². The van der Waals surface area contributed by atoms with E-state index in [1.165, 1.54) is 0 Å². The predicted octanol–water partition coefficient (Wildman–Crippen LogP) is -0.852. The Balaban J connectivity index is 2.31. The molecule has 0 aromatic rings. The monoisotopic (exact) mass is 439 g/mol. The second-order valence-electron chi connectivity index (χ2n) is 7.11. The number of hydrogen-bond acceptors (Lipinski definition) is 11. The summed E-state index contributed by atoms with van der Waals surface area (Å²) in [7, 11) is 11.0. The van der Waals surface area contributed by atoms with Crippen LogP contribution >= 0.6 is 0 Å². The Morgan fingerprint density at radius 2 is 1.07 bits per heavy atom. The van der Waals surface area contributed by atoms with Gasteiger partial charge in [0.05, 0.1) is 6.61 Å². The number of methoxy groups -OCH3 is 7. The third kappa shape index (κ3) is 5.30. The zero-order valence-electron chi connectivity index (χ0n) is 18.8. The molecule has 2 N–H and O–H groups in total. The molecule has 0 bridgehead atoms. The van der Waals surface area contributed by atoms with Crippen LogP contribution in [0.2, 0.25) is 0 Å². The molecule has 0 aromatic carbocycles. The van der Waals surface area contributed by atoms with Gasteiger partial charge in [0, 0.05) is 56.3 Å². The van der Waals surface area contributed by atoms with Crippen molar-refractivity contribution in [3.8, 4) is 0 Å². The minimum atomic E-state index is -0.817. The van der Waals surface area contributed by atoms with Crippen molar-refractivity contribution in [3.05, 3.63) is 0 Å². The largest absolute Gasteiger partial charge is 0.382 e. The van der Waals surface area contributed by atoms with E-state index in [2.05, 4.69) is 0 Å². The summed E-state index contributed by atoms with van der Waals surface area (Å²) in [5.74, 6) is 0. The van der Waals surface area contributed by atoms with Crippen LogP contribution in [0.15, 0.2) is 0 Å². The van der Waals surface area contributed by atoms with E-state index in [0.717, 1.165) is 0 Å². The molecule has 0 saturated carbocycles. The fourth-order valence-corrected chi connectivity index (χ4v) is 4.18. The van der Waals surface area contributed by atoms with Gasteiger partial charge in [0.25, 0.3) is 0 Å². The van der Waals surface area contributed by atoms with Gasteiger partial charge < -0.3 is 53.1 Å².